The summed E-state index contributed by atoms with van der Waals surface area (Å²) in [5.74, 6) is 1.51. The van der Waals surface area contributed by atoms with E-state index in [0.29, 0.717) is 18.8 Å². The lowest BCUT2D eigenvalue weighted by Crippen LogP contribution is -2.48. The molecule has 7 heteroatoms. The lowest BCUT2D eigenvalue weighted by atomic mass is 10.2. The van der Waals surface area contributed by atoms with Gasteiger partial charge in [0.15, 0.2) is 0 Å². The summed E-state index contributed by atoms with van der Waals surface area (Å²) in [7, 11) is 0. The molecule has 2 N–H and O–H groups in total. The number of unbranched alkanes of at least 4 members (excludes halogenated alkanes) is 1. The van der Waals surface area contributed by atoms with Gasteiger partial charge in [0.1, 0.15) is 6.04 Å². The van der Waals surface area contributed by atoms with Crippen LogP contribution in [0.2, 0.25) is 0 Å². The van der Waals surface area contributed by atoms with Crippen LogP contribution in [-0.2, 0) is 9.59 Å². The molecule has 0 spiro atoms. The van der Waals surface area contributed by atoms with E-state index in [1.165, 1.54) is 0 Å². The van der Waals surface area contributed by atoms with Crippen LogP contribution in [0.15, 0.2) is 0 Å². The molecule has 23 heavy (non-hydrogen) atoms. The lowest BCUT2D eigenvalue weighted by molar-refractivity contribution is -0.138. The van der Waals surface area contributed by atoms with Gasteiger partial charge in [0, 0.05) is 44.9 Å². The Balaban J connectivity index is 1.66. The van der Waals surface area contributed by atoms with Crippen LogP contribution in [0.1, 0.15) is 32.6 Å². The van der Waals surface area contributed by atoms with Crippen LogP contribution >= 0.6 is 11.8 Å². The van der Waals surface area contributed by atoms with Gasteiger partial charge in [0.2, 0.25) is 11.8 Å². The monoisotopic (exact) mass is 342 g/mol. The highest BCUT2D eigenvalue weighted by atomic mass is 32.2. The van der Waals surface area contributed by atoms with Crippen molar-refractivity contribution in [3.8, 4) is 0 Å². The van der Waals surface area contributed by atoms with Crippen LogP contribution in [0.3, 0.4) is 0 Å². The number of piperazine rings is 1. The molecule has 1 atom stereocenters. The van der Waals surface area contributed by atoms with Crippen molar-refractivity contribution in [2.45, 2.75) is 38.6 Å². The van der Waals surface area contributed by atoms with Crippen molar-refractivity contribution in [1.82, 2.24) is 20.4 Å². The third kappa shape index (κ3) is 5.97. The van der Waals surface area contributed by atoms with Crippen LogP contribution in [0.4, 0.5) is 0 Å². The third-order valence-electron chi connectivity index (χ3n) is 4.41. The van der Waals surface area contributed by atoms with Gasteiger partial charge in [-0.3, -0.25) is 9.59 Å². The molecule has 0 radical (unpaired) electrons. The minimum absolute atomic E-state index is 0.0140. The fourth-order valence-electron chi connectivity index (χ4n) is 2.94. The molecule has 0 aromatic carbocycles. The molecule has 2 heterocycles. The first kappa shape index (κ1) is 18.5. The highest BCUT2D eigenvalue weighted by Crippen LogP contribution is 2.22. The maximum atomic E-state index is 12.3. The average Bonchev–Trinajstić information content (AvgIpc) is 3.07. The van der Waals surface area contributed by atoms with Gasteiger partial charge in [-0.25, -0.2) is 0 Å². The van der Waals surface area contributed by atoms with E-state index in [-0.39, 0.29) is 17.9 Å². The van der Waals surface area contributed by atoms with Gasteiger partial charge in [0.25, 0.3) is 0 Å². The predicted octanol–water partition coefficient (Wildman–Crippen LogP) is 0.490. The summed E-state index contributed by atoms with van der Waals surface area (Å²) in [6.07, 6.45) is 3.44. The quantitative estimate of drug-likeness (QED) is 0.629. The Morgan fingerprint density at radius 3 is 2.78 bits per heavy atom. The van der Waals surface area contributed by atoms with Crippen LogP contribution in [0.25, 0.3) is 0 Å². The topological polar surface area (TPSA) is 64.7 Å². The van der Waals surface area contributed by atoms with Crippen molar-refractivity contribution in [3.05, 3.63) is 0 Å². The number of rotatable bonds is 8. The summed E-state index contributed by atoms with van der Waals surface area (Å²) in [6, 6.07) is -0.274. The zero-order valence-electron chi connectivity index (χ0n) is 14.2. The molecule has 0 aliphatic carbocycles. The molecule has 2 fully saturated rings. The predicted molar refractivity (Wildman–Crippen MR) is 94.4 cm³/mol. The van der Waals surface area contributed by atoms with Gasteiger partial charge < -0.3 is 20.4 Å². The van der Waals surface area contributed by atoms with Gasteiger partial charge in [0.05, 0.1) is 5.88 Å². The van der Waals surface area contributed by atoms with Crippen LogP contribution in [0.5, 0.6) is 0 Å². The Hall–Kier alpha value is -0.790. The number of carbonyl (C=O) groups is 2. The summed E-state index contributed by atoms with van der Waals surface area (Å²) in [6.45, 7) is 8.09. The standard InChI is InChI=1S/C16H30N4O2S/c1-2-3-5-15(21)20-13-23-12-14(20)16(22)18-6-4-9-19-10-7-17-8-11-19/h14,17H,2-13H2,1H3,(H,18,22). The van der Waals surface area contributed by atoms with Gasteiger partial charge in [-0.15, -0.1) is 11.8 Å². The first-order valence-corrected chi connectivity index (χ1v) is 9.96. The number of nitrogens with zero attached hydrogens (tertiary/aromatic N) is 2. The molecular weight excluding hydrogens is 312 g/mol. The third-order valence-corrected chi connectivity index (χ3v) is 5.42. The van der Waals surface area contributed by atoms with Crippen LogP contribution < -0.4 is 10.6 Å². The first-order chi connectivity index (χ1) is 11.2. The fraction of sp³-hybridized carbons (Fsp3) is 0.875. The SMILES string of the molecule is CCCCC(=O)N1CSCC1C(=O)NCCCN1CCNCC1. The number of carbonyl (C=O) groups excluding carboxylic acids is 2. The zero-order chi connectivity index (χ0) is 16.5. The summed E-state index contributed by atoms with van der Waals surface area (Å²) in [5, 5.41) is 6.36. The summed E-state index contributed by atoms with van der Waals surface area (Å²) in [4.78, 5) is 28.7. The van der Waals surface area contributed by atoms with E-state index < -0.39 is 0 Å². The highest BCUT2D eigenvalue weighted by Gasteiger charge is 2.33. The van der Waals surface area contributed by atoms with E-state index in [1.807, 2.05) is 0 Å². The molecule has 1 unspecified atom stereocenters. The normalized spacial score (nSPS) is 22.3. The molecule has 2 rings (SSSR count). The van der Waals surface area contributed by atoms with E-state index in [0.717, 1.165) is 57.7 Å². The molecule has 0 aromatic rings. The Labute approximate surface area is 143 Å². The van der Waals surface area contributed by atoms with Crippen molar-refractivity contribution in [2.24, 2.45) is 0 Å². The van der Waals surface area contributed by atoms with Gasteiger partial charge in [-0.05, 0) is 19.4 Å². The molecule has 2 saturated heterocycles. The van der Waals surface area contributed by atoms with Crippen molar-refractivity contribution < 1.29 is 9.59 Å². The Morgan fingerprint density at radius 2 is 2.04 bits per heavy atom. The Bertz CT molecular complexity index is 388. The molecule has 2 amide bonds. The zero-order valence-corrected chi connectivity index (χ0v) is 15.0. The molecule has 2 aliphatic rings. The smallest absolute Gasteiger partial charge is 0.243 e. The second-order valence-corrected chi connectivity index (χ2v) is 7.22. The molecular formula is C16H30N4O2S. The maximum Gasteiger partial charge on any atom is 0.243 e. The molecule has 0 saturated carbocycles. The van der Waals surface area contributed by atoms with Gasteiger partial charge in [-0.2, -0.15) is 0 Å². The van der Waals surface area contributed by atoms with Crippen LogP contribution in [-0.4, -0.2) is 78.6 Å². The lowest BCUT2D eigenvalue weighted by Gasteiger charge is -2.27. The van der Waals surface area contributed by atoms with Gasteiger partial charge in [-0.1, -0.05) is 13.3 Å². The molecule has 0 aromatic heterocycles. The second kappa shape index (κ2) is 10.2. The fourth-order valence-corrected chi connectivity index (χ4v) is 4.12. The summed E-state index contributed by atoms with van der Waals surface area (Å²) in [5.41, 5.74) is 0. The summed E-state index contributed by atoms with van der Waals surface area (Å²) >= 11 is 1.67. The molecule has 2 aliphatic heterocycles. The van der Waals surface area contributed by atoms with Crippen molar-refractivity contribution in [1.29, 1.82) is 0 Å². The minimum atomic E-state index is -0.274. The summed E-state index contributed by atoms with van der Waals surface area (Å²) < 4.78 is 0. The second-order valence-electron chi connectivity index (χ2n) is 6.22. The van der Waals surface area contributed by atoms with E-state index >= 15 is 0 Å². The van der Waals surface area contributed by atoms with E-state index in [2.05, 4.69) is 22.5 Å². The number of thioether (sulfide) groups is 1. The van der Waals surface area contributed by atoms with Crippen molar-refractivity contribution in [3.63, 3.8) is 0 Å². The maximum absolute atomic E-state index is 12.3. The molecule has 132 valence electrons. The van der Waals surface area contributed by atoms with E-state index in [4.69, 9.17) is 0 Å². The largest absolute Gasteiger partial charge is 0.354 e. The first-order valence-electron chi connectivity index (χ1n) is 8.80. The highest BCUT2D eigenvalue weighted by molar-refractivity contribution is 7.99. The number of hydrogen-bond acceptors (Lipinski definition) is 5. The minimum Gasteiger partial charge on any atom is -0.354 e. The van der Waals surface area contributed by atoms with Crippen molar-refractivity contribution >= 4 is 23.6 Å². The van der Waals surface area contributed by atoms with Gasteiger partial charge >= 0.3 is 0 Å². The Kier molecular flexibility index (Phi) is 8.19. The molecule has 0 bridgehead atoms. The van der Waals surface area contributed by atoms with E-state index in [1.54, 1.807) is 16.7 Å². The number of amides is 2. The van der Waals surface area contributed by atoms with Crippen LogP contribution in [0, 0.1) is 0 Å². The number of nitrogens with one attached hydrogen (secondary N) is 2. The average molecular weight is 343 g/mol. The molecule has 6 nitrogen and oxygen atoms in total. The Morgan fingerprint density at radius 1 is 1.26 bits per heavy atom. The van der Waals surface area contributed by atoms with Crippen molar-refractivity contribution in [2.75, 3.05) is 50.9 Å². The van der Waals surface area contributed by atoms with E-state index in [9.17, 15) is 9.59 Å². The number of hydrogen-bond donors (Lipinski definition) is 2.